The van der Waals surface area contributed by atoms with Gasteiger partial charge in [-0.3, -0.25) is 0 Å². The Kier molecular flexibility index (Phi) is 3.92. The average Bonchev–Trinajstić information content (AvgIpc) is 3.10. The molecule has 1 aliphatic heterocycles. The molecular weight excluding hydrogens is 234 g/mol. The zero-order chi connectivity index (χ0) is 13.5. The van der Waals surface area contributed by atoms with Crippen LogP contribution in [0.3, 0.4) is 0 Å². The van der Waals surface area contributed by atoms with E-state index in [-0.39, 0.29) is 0 Å². The molecule has 0 bridgehead atoms. The third kappa shape index (κ3) is 3.33. The highest BCUT2D eigenvalue weighted by atomic mass is 16.5. The van der Waals surface area contributed by atoms with Gasteiger partial charge < -0.3 is 10.1 Å². The number of ether oxygens (including phenoxy) is 1. The highest BCUT2D eigenvalue weighted by Gasteiger charge is 2.41. The summed E-state index contributed by atoms with van der Waals surface area (Å²) in [6.45, 7) is 8.19. The fourth-order valence-electron chi connectivity index (χ4n) is 4.11. The Morgan fingerprint density at radius 1 is 0.895 bits per heavy atom. The first-order chi connectivity index (χ1) is 9.04. The van der Waals surface area contributed by atoms with Crippen molar-refractivity contribution in [3.8, 4) is 0 Å². The molecule has 0 aromatic heterocycles. The Morgan fingerprint density at radius 2 is 1.58 bits per heavy atom. The average molecular weight is 265 g/mol. The van der Waals surface area contributed by atoms with Crippen molar-refractivity contribution in [3.05, 3.63) is 0 Å². The van der Waals surface area contributed by atoms with E-state index in [1.807, 2.05) is 0 Å². The van der Waals surface area contributed by atoms with E-state index >= 15 is 0 Å². The van der Waals surface area contributed by atoms with Crippen molar-refractivity contribution in [2.24, 2.45) is 17.3 Å². The largest absolute Gasteiger partial charge is 0.376 e. The summed E-state index contributed by atoms with van der Waals surface area (Å²) in [4.78, 5) is 0. The quantitative estimate of drug-likeness (QED) is 0.839. The van der Waals surface area contributed by atoms with Gasteiger partial charge >= 0.3 is 0 Å². The first-order valence-corrected chi connectivity index (χ1v) is 8.41. The molecule has 19 heavy (non-hydrogen) atoms. The van der Waals surface area contributed by atoms with Gasteiger partial charge in [0.05, 0.1) is 6.10 Å². The van der Waals surface area contributed by atoms with E-state index in [2.05, 4.69) is 26.1 Å². The SMILES string of the molecule is CC(C)(C)C1CCC(NC2CCOC2C2CC2)CC1. The molecule has 2 unspecified atom stereocenters. The van der Waals surface area contributed by atoms with E-state index in [0.29, 0.717) is 17.6 Å². The Morgan fingerprint density at radius 3 is 2.16 bits per heavy atom. The molecule has 0 radical (unpaired) electrons. The van der Waals surface area contributed by atoms with E-state index in [4.69, 9.17) is 4.74 Å². The Hall–Kier alpha value is -0.0800. The predicted octanol–water partition coefficient (Wildman–Crippen LogP) is 3.75. The van der Waals surface area contributed by atoms with Crippen LogP contribution in [0.4, 0.5) is 0 Å². The zero-order valence-corrected chi connectivity index (χ0v) is 13.0. The van der Waals surface area contributed by atoms with Crippen LogP contribution in [0.25, 0.3) is 0 Å². The van der Waals surface area contributed by atoms with Crippen molar-refractivity contribution >= 4 is 0 Å². The molecule has 0 amide bonds. The smallest absolute Gasteiger partial charge is 0.0757 e. The molecule has 3 aliphatic rings. The topological polar surface area (TPSA) is 21.3 Å². The molecule has 2 saturated carbocycles. The fraction of sp³-hybridized carbons (Fsp3) is 1.00. The maximum absolute atomic E-state index is 5.94. The van der Waals surface area contributed by atoms with Gasteiger partial charge in [0.2, 0.25) is 0 Å². The van der Waals surface area contributed by atoms with Gasteiger partial charge in [-0.05, 0) is 62.2 Å². The molecule has 1 heterocycles. The van der Waals surface area contributed by atoms with Crippen LogP contribution in [0.5, 0.6) is 0 Å². The summed E-state index contributed by atoms with van der Waals surface area (Å²) in [5, 5.41) is 3.94. The minimum Gasteiger partial charge on any atom is -0.376 e. The molecule has 110 valence electrons. The minimum absolute atomic E-state index is 0.498. The maximum atomic E-state index is 5.94. The van der Waals surface area contributed by atoms with Crippen LogP contribution >= 0.6 is 0 Å². The lowest BCUT2D eigenvalue weighted by molar-refractivity contribution is 0.0747. The molecule has 3 fully saturated rings. The Bertz CT molecular complexity index is 297. The van der Waals surface area contributed by atoms with E-state index in [0.717, 1.165) is 24.5 Å². The van der Waals surface area contributed by atoms with Crippen molar-refractivity contribution in [1.29, 1.82) is 0 Å². The van der Waals surface area contributed by atoms with Crippen molar-refractivity contribution in [1.82, 2.24) is 5.32 Å². The van der Waals surface area contributed by atoms with E-state index in [1.54, 1.807) is 0 Å². The monoisotopic (exact) mass is 265 g/mol. The molecule has 1 saturated heterocycles. The summed E-state index contributed by atoms with van der Waals surface area (Å²) < 4.78 is 5.94. The summed E-state index contributed by atoms with van der Waals surface area (Å²) >= 11 is 0. The molecule has 2 aliphatic carbocycles. The van der Waals surface area contributed by atoms with Gasteiger partial charge in [0, 0.05) is 18.7 Å². The van der Waals surface area contributed by atoms with Crippen LogP contribution in [0, 0.1) is 17.3 Å². The molecule has 2 heteroatoms. The molecule has 2 atom stereocenters. The van der Waals surface area contributed by atoms with E-state index in [1.165, 1.54) is 44.9 Å². The van der Waals surface area contributed by atoms with Gasteiger partial charge in [0.1, 0.15) is 0 Å². The number of nitrogens with one attached hydrogen (secondary N) is 1. The molecular formula is C17H31NO. The first kappa shape index (κ1) is 13.9. The van der Waals surface area contributed by atoms with Crippen LogP contribution in [-0.2, 0) is 4.74 Å². The summed E-state index contributed by atoms with van der Waals surface area (Å²) in [5.41, 5.74) is 0.498. The van der Waals surface area contributed by atoms with Crippen molar-refractivity contribution < 1.29 is 4.74 Å². The second-order valence-corrected chi connectivity index (χ2v) is 8.15. The van der Waals surface area contributed by atoms with Gasteiger partial charge in [0.25, 0.3) is 0 Å². The van der Waals surface area contributed by atoms with Gasteiger partial charge in [0.15, 0.2) is 0 Å². The standard InChI is InChI=1S/C17H31NO/c1-17(2,3)13-6-8-14(9-7-13)18-15-10-11-19-16(15)12-4-5-12/h12-16,18H,4-11H2,1-3H3. The van der Waals surface area contributed by atoms with Crippen molar-refractivity contribution in [2.75, 3.05) is 6.61 Å². The molecule has 0 spiro atoms. The third-order valence-electron chi connectivity index (χ3n) is 5.62. The zero-order valence-electron chi connectivity index (χ0n) is 13.0. The van der Waals surface area contributed by atoms with Gasteiger partial charge in [-0.1, -0.05) is 20.8 Å². The van der Waals surface area contributed by atoms with Crippen molar-refractivity contribution in [3.63, 3.8) is 0 Å². The van der Waals surface area contributed by atoms with Crippen LogP contribution in [0.2, 0.25) is 0 Å². The third-order valence-corrected chi connectivity index (χ3v) is 5.62. The maximum Gasteiger partial charge on any atom is 0.0757 e. The summed E-state index contributed by atoms with van der Waals surface area (Å²) in [6.07, 6.45) is 10.1. The minimum atomic E-state index is 0.498. The molecule has 0 aromatic rings. The fourth-order valence-corrected chi connectivity index (χ4v) is 4.11. The number of hydrogen-bond donors (Lipinski definition) is 1. The molecule has 1 N–H and O–H groups in total. The lowest BCUT2D eigenvalue weighted by atomic mass is 9.71. The van der Waals surface area contributed by atoms with Crippen LogP contribution in [0.1, 0.15) is 65.7 Å². The molecule has 2 nitrogen and oxygen atoms in total. The number of rotatable bonds is 3. The summed E-state index contributed by atoms with van der Waals surface area (Å²) in [6, 6.07) is 1.41. The molecule has 0 aromatic carbocycles. The number of hydrogen-bond acceptors (Lipinski definition) is 2. The first-order valence-electron chi connectivity index (χ1n) is 8.41. The van der Waals surface area contributed by atoms with E-state index in [9.17, 15) is 0 Å². The van der Waals surface area contributed by atoms with Crippen LogP contribution < -0.4 is 5.32 Å². The second-order valence-electron chi connectivity index (χ2n) is 8.15. The Balaban J connectivity index is 1.47. The van der Waals surface area contributed by atoms with Crippen molar-refractivity contribution in [2.45, 2.75) is 83.9 Å². The highest BCUT2D eigenvalue weighted by Crippen LogP contribution is 2.40. The van der Waals surface area contributed by atoms with E-state index < -0.39 is 0 Å². The van der Waals surface area contributed by atoms with Gasteiger partial charge in [-0.2, -0.15) is 0 Å². The normalized spacial score (nSPS) is 40.6. The summed E-state index contributed by atoms with van der Waals surface area (Å²) in [7, 11) is 0. The highest BCUT2D eigenvalue weighted by molar-refractivity contribution is 4.95. The summed E-state index contributed by atoms with van der Waals surface area (Å²) in [5.74, 6) is 1.80. The van der Waals surface area contributed by atoms with Gasteiger partial charge in [-0.15, -0.1) is 0 Å². The second kappa shape index (κ2) is 5.37. The Labute approximate surface area is 118 Å². The van der Waals surface area contributed by atoms with Gasteiger partial charge in [-0.25, -0.2) is 0 Å². The lowest BCUT2D eigenvalue weighted by Crippen LogP contribution is -2.46. The lowest BCUT2D eigenvalue weighted by Gasteiger charge is -2.38. The molecule has 3 rings (SSSR count). The predicted molar refractivity (Wildman–Crippen MR) is 79.2 cm³/mol. The van der Waals surface area contributed by atoms with Crippen LogP contribution in [-0.4, -0.2) is 24.8 Å². The van der Waals surface area contributed by atoms with Crippen LogP contribution in [0.15, 0.2) is 0 Å².